The maximum atomic E-state index is 13.1. The van der Waals surface area contributed by atoms with Gasteiger partial charge in [0.2, 0.25) is 0 Å². The summed E-state index contributed by atoms with van der Waals surface area (Å²) in [5.74, 6) is 0.177. The van der Waals surface area contributed by atoms with Crippen molar-refractivity contribution in [2.45, 2.75) is 41.5 Å². The van der Waals surface area contributed by atoms with Gasteiger partial charge in [0.1, 0.15) is 0 Å². The lowest BCUT2D eigenvalue weighted by atomic mass is 9.77. The van der Waals surface area contributed by atoms with E-state index < -0.39 is 0 Å². The first kappa shape index (κ1) is 17.8. The van der Waals surface area contributed by atoms with E-state index >= 15 is 0 Å². The van der Waals surface area contributed by atoms with Gasteiger partial charge in [-0.25, -0.2) is 0 Å². The smallest absolute Gasteiger partial charge is 0.250 e. The van der Waals surface area contributed by atoms with E-state index in [2.05, 4.69) is 26.0 Å². The highest BCUT2D eigenvalue weighted by molar-refractivity contribution is 6.07. The fourth-order valence-corrected chi connectivity index (χ4v) is 4.04. The van der Waals surface area contributed by atoms with E-state index in [1.165, 1.54) is 0 Å². The second-order valence-corrected chi connectivity index (χ2v) is 6.94. The van der Waals surface area contributed by atoms with Gasteiger partial charge in [0.25, 0.3) is 11.8 Å². The molecule has 2 bridgehead atoms. The first-order chi connectivity index (χ1) is 10.8. The van der Waals surface area contributed by atoms with E-state index in [-0.39, 0.29) is 29.1 Å². The first-order valence-electron chi connectivity index (χ1n) is 8.85. The van der Waals surface area contributed by atoms with Crippen molar-refractivity contribution in [3.05, 3.63) is 23.3 Å². The average Bonchev–Trinajstić information content (AvgIpc) is 2.95. The molecule has 4 nitrogen and oxygen atoms in total. The SMILES string of the molecule is CCN(CC)C(=O)C1=C(C(=O)N(CC)CC)C2C=CC1C2(C)C. The summed E-state index contributed by atoms with van der Waals surface area (Å²) in [6.07, 6.45) is 4.25. The molecule has 0 heterocycles. The number of carbonyl (C=O) groups is 2. The van der Waals surface area contributed by atoms with Crippen LogP contribution in [0.1, 0.15) is 41.5 Å². The highest BCUT2D eigenvalue weighted by Gasteiger charge is 2.54. The summed E-state index contributed by atoms with van der Waals surface area (Å²) in [6.45, 7) is 15.0. The summed E-state index contributed by atoms with van der Waals surface area (Å²) in [5.41, 5.74) is 1.39. The van der Waals surface area contributed by atoms with Gasteiger partial charge in [0, 0.05) is 49.2 Å². The standard InChI is InChI=1S/C19H30N2O2/c1-7-20(8-2)17(22)15-13-11-12-14(19(13,5)6)16(15)18(23)21(9-3)10-4/h11-14H,7-10H2,1-6H3. The molecule has 128 valence electrons. The van der Waals surface area contributed by atoms with Crippen LogP contribution in [0.15, 0.2) is 23.3 Å². The Labute approximate surface area is 140 Å². The third-order valence-electron chi connectivity index (χ3n) is 5.57. The molecule has 0 saturated heterocycles. The maximum absolute atomic E-state index is 13.1. The van der Waals surface area contributed by atoms with Crippen molar-refractivity contribution in [1.82, 2.24) is 9.80 Å². The average molecular weight is 318 g/mol. The molecule has 0 fully saturated rings. The largest absolute Gasteiger partial charge is 0.339 e. The molecule has 0 spiro atoms. The summed E-state index contributed by atoms with van der Waals surface area (Å²) >= 11 is 0. The van der Waals surface area contributed by atoms with Gasteiger partial charge in [-0.3, -0.25) is 9.59 Å². The van der Waals surface area contributed by atoms with Crippen molar-refractivity contribution in [3.63, 3.8) is 0 Å². The van der Waals surface area contributed by atoms with Crippen molar-refractivity contribution in [1.29, 1.82) is 0 Å². The third kappa shape index (κ3) is 2.62. The molecule has 2 rings (SSSR count). The number of carbonyl (C=O) groups excluding carboxylic acids is 2. The summed E-state index contributed by atoms with van der Waals surface area (Å²) < 4.78 is 0. The monoisotopic (exact) mass is 318 g/mol. The Bertz CT molecular complexity index is 506. The maximum Gasteiger partial charge on any atom is 0.250 e. The van der Waals surface area contributed by atoms with Gasteiger partial charge in [0.05, 0.1) is 0 Å². The van der Waals surface area contributed by atoms with Crippen molar-refractivity contribution in [3.8, 4) is 0 Å². The number of amides is 2. The van der Waals surface area contributed by atoms with E-state index in [9.17, 15) is 9.59 Å². The molecule has 0 saturated carbocycles. The number of rotatable bonds is 6. The lowest BCUT2D eigenvalue weighted by molar-refractivity contribution is -0.129. The summed E-state index contributed by atoms with van der Waals surface area (Å²) in [6, 6.07) is 0. The van der Waals surface area contributed by atoms with Gasteiger partial charge in [-0.05, 0) is 33.1 Å². The highest BCUT2D eigenvalue weighted by atomic mass is 16.2. The predicted octanol–water partition coefficient (Wildman–Crippen LogP) is 2.86. The quantitative estimate of drug-likeness (QED) is 0.707. The van der Waals surface area contributed by atoms with Crippen LogP contribution in [0.4, 0.5) is 0 Å². The van der Waals surface area contributed by atoms with Crippen LogP contribution in [0, 0.1) is 17.3 Å². The molecule has 2 unspecified atom stereocenters. The Kier molecular flexibility index (Phi) is 5.02. The summed E-state index contributed by atoms with van der Waals surface area (Å²) in [4.78, 5) is 29.8. The molecule has 0 aromatic rings. The zero-order valence-corrected chi connectivity index (χ0v) is 15.3. The van der Waals surface area contributed by atoms with Crippen molar-refractivity contribution in [2.75, 3.05) is 26.2 Å². The van der Waals surface area contributed by atoms with Gasteiger partial charge in [-0.2, -0.15) is 0 Å². The summed E-state index contributed by atoms with van der Waals surface area (Å²) in [7, 11) is 0. The molecule has 0 aromatic carbocycles. The van der Waals surface area contributed by atoms with Crippen LogP contribution in [0.5, 0.6) is 0 Å². The topological polar surface area (TPSA) is 40.6 Å². The highest BCUT2D eigenvalue weighted by Crippen LogP contribution is 2.57. The van der Waals surface area contributed by atoms with Crippen LogP contribution < -0.4 is 0 Å². The van der Waals surface area contributed by atoms with Crippen LogP contribution in [0.2, 0.25) is 0 Å². The molecule has 0 aromatic heterocycles. The van der Waals surface area contributed by atoms with Gasteiger partial charge in [-0.15, -0.1) is 0 Å². The number of nitrogens with zero attached hydrogens (tertiary/aromatic N) is 2. The van der Waals surface area contributed by atoms with Crippen LogP contribution >= 0.6 is 0 Å². The molecular weight excluding hydrogens is 288 g/mol. The lowest BCUT2D eigenvalue weighted by Gasteiger charge is -2.27. The summed E-state index contributed by atoms with van der Waals surface area (Å²) in [5, 5.41) is 0. The minimum absolute atomic E-state index is 0.0374. The van der Waals surface area contributed by atoms with Gasteiger partial charge in [0.15, 0.2) is 0 Å². The first-order valence-corrected chi connectivity index (χ1v) is 8.85. The second-order valence-electron chi connectivity index (χ2n) is 6.94. The molecule has 2 aliphatic carbocycles. The number of hydrogen-bond donors (Lipinski definition) is 0. The number of likely N-dealkylation sites (N-methyl/N-ethyl adjacent to an activating group) is 2. The van der Waals surface area contributed by atoms with Crippen molar-refractivity contribution < 1.29 is 9.59 Å². The van der Waals surface area contributed by atoms with Crippen LogP contribution in [-0.4, -0.2) is 47.8 Å². The molecular formula is C19H30N2O2. The van der Waals surface area contributed by atoms with E-state index in [4.69, 9.17) is 0 Å². The fourth-order valence-electron chi connectivity index (χ4n) is 4.04. The van der Waals surface area contributed by atoms with E-state index in [0.29, 0.717) is 26.2 Å². The van der Waals surface area contributed by atoms with Gasteiger partial charge >= 0.3 is 0 Å². The lowest BCUT2D eigenvalue weighted by Crippen LogP contribution is -2.37. The Morgan fingerprint density at radius 2 is 1.13 bits per heavy atom. The zero-order valence-electron chi connectivity index (χ0n) is 15.3. The minimum atomic E-state index is -0.0870. The number of allylic oxidation sites excluding steroid dienone is 2. The van der Waals surface area contributed by atoms with Crippen LogP contribution in [-0.2, 0) is 9.59 Å². The molecule has 23 heavy (non-hydrogen) atoms. The fraction of sp³-hybridized carbons (Fsp3) is 0.684. The molecule has 4 heteroatoms. The predicted molar refractivity (Wildman–Crippen MR) is 92.8 cm³/mol. The molecule has 0 N–H and O–H groups in total. The molecule has 2 atom stereocenters. The molecule has 2 aliphatic rings. The zero-order chi connectivity index (χ0) is 17.4. The van der Waals surface area contributed by atoms with Gasteiger partial charge in [-0.1, -0.05) is 26.0 Å². The van der Waals surface area contributed by atoms with E-state index in [1.807, 2.05) is 37.5 Å². The van der Waals surface area contributed by atoms with Crippen molar-refractivity contribution in [2.24, 2.45) is 17.3 Å². The Hall–Kier alpha value is -1.58. The van der Waals surface area contributed by atoms with Crippen LogP contribution in [0.25, 0.3) is 0 Å². The molecule has 0 aliphatic heterocycles. The number of fused-ring (bicyclic) bond motifs is 2. The van der Waals surface area contributed by atoms with E-state index in [0.717, 1.165) is 11.1 Å². The second kappa shape index (κ2) is 6.50. The minimum Gasteiger partial charge on any atom is -0.339 e. The Balaban J connectivity index is 2.51. The normalized spacial score (nSPS) is 24.3. The van der Waals surface area contributed by atoms with Crippen LogP contribution in [0.3, 0.4) is 0 Å². The molecule has 0 radical (unpaired) electrons. The third-order valence-corrected chi connectivity index (χ3v) is 5.57. The number of hydrogen-bond acceptors (Lipinski definition) is 2. The van der Waals surface area contributed by atoms with Gasteiger partial charge < -0.3 is 9.80 Å². The molecule has 2 amide bonds. The Morgan fingerprint density at radius 1 is 0.826 bits per heavy atom. The Morgan fingerprint density at radius 3 is 1.39 bits per heavy atom. The van der Waals surface area contributed by atoms with E-state index in [1.54, 1.807) is 0 Å². The van der Waals surface area contributed by atoms with Crippen molar-refractivity contribution >= 4 is 11.8 Å².